The van der Waals surface area contributed by atoms with Crippen LogP contribution in [0.25, 0.3) is 0 Å². The van der Waals surface area contributed by atoms with Crippen molar-refractivity contribution in [1.29, 1.82) is 0 Å². The predicted molar refractivity (Wildman–Crippen MR) is 121 cm³/mol. The number of carbonyl (C=O) groups excluding carboxylic acids is 2. The van der Waals surface area contributed by atoms with E-state index in [1.54, 1.807) is 48.2 Å². The molecule has 1 aromatic heterocycles. The Morgan fingerprint density at radius 1 is 1.29 bits per heavy atom. The van der Waals surface area contributed by atoms with Gasteiger partial charge in [0.2, 0.25) is 11.8 Å². The summed E-state index contributed by atoms with van der Waals surface area (Å²) in [5.41, 5.74) is 1.53. The van der Waals surface area contributed by atoms with Crippen molar-refractivity contribution in [3.05, 3.63) is 66.0 Å². The van der Waals surface area contributed by atoms with Crippen molar-refractivity contribution in [3.8, 4) is 11.6 Å². The molecule has 3 atom stereocenters. The van der Waals surface area contributed by atoms with E-state index in [-0.39, 0.29) is 30.1 Å². The first kappa shape index (κ1) is 23.5. The van der Waals surface area contributed by atoms with Gasteiger partial charge in [-0.1, -0.05) is 24.3 Å². The van der Waals surface area contributed by atoms with Crippen LogP contribution < -0.4 is 9.47 Å². The molecule has 1 amide bonds. The zero-order chi connectivity index (χ0) is 24.5. The molecule has 0 bridgehead atoms. The molecule has 3 unspecified atom stereocenters. The van der Waals surface area contributed by atoms with E-state index in [1.165, 1.54) is 12.4 Å². The smallest absolute Gasteiger partial charge is 0.358 e. The number of benzene rings is 1. The molecule has 0 spiro atoms. The summed E-state index contributed by atoms with van der Waals surface area (Å²) in [6.45, 7) is 3.87. The fourth-order valence-corrected chi connectivity index (χ4v) is 4.10. The molecule has 2 aliphatic heterocycles. The first-order chi connectivity index (χ1) is 16.1. The minimum absolute atomic E-state index is 0.125. The minimum Gasteiger partial charge on any atom is -0.471 e. The molecule has 2 aromatic rings. The Morgan fingerprint density at radius 3 is 2.71 bits per heavy atom. The van der Waals surface area contributed by atoms with Gasteiger partial charge in [-0.15, -0.1) is 0 Å². The number of ether oxygens (including phenoxy) is 2. The quantitative estimate of drug-likeness (QED) is 0.450. The Bertz CT molecular complexity index is 1140. The van der Waals surface area contributed by atoms with Crippen LogP contribution in [0, 0.1) is 18.8 Å². The fourth-order valence-electron chi connectivity index (χ4n) is 4.10. The van der Waals surface area contributed by atoms with Crippen LogP contribution in [0.15, 0.2) is 59.9 Å². The zero-order valence-electron chi connectivity index (χ0n) is 19.1. The van der Waals surface area contributed by atoms with Gasteiger partial charge in [-0.2, -0.15) is 0 Å². The maximum Gasteiger partial charge on any atom is 0.358 e. The van der Waals surface area contributed by atoms with Gasteiger partial charge in [-0.25, -0.2) is 18.6 Å². The third-order valence-corrected chi connectivity index (χ3v) is 5.88. The maximum atomic E-state index is 13.2. The minimum atomic E-state index is -2.97. The molecular formula is C25H25F2N3O4. The molecule has 7 nitrogen and oxygen atoms in total. The lowest BCUT2D eigenvalue weighted by Gasteiger charge is -2.25. The number of aromatic nitrogens is 1. The molecule has 4 rings (SSSR count). The molecule has 2 aliphatic rings. The number of rotatable bonds is 7. The molecule has 1 aromatic carbocycles. The van der Waals surface area contributed by atoms with Crippen LogP contribution in [-0.2, 0) is 9.59 Å². The lowest BCUT2D eigenvalue weighted by Crippen LogP contribution is -2.34. The Labute approximate surface area is 196 Å². The summed E-state index contributed by atoms with van der Waals surface area (Å²) in [4.78, 5) is 36.0. The fraction of sp³-hybridized carbons (Fsp3) is 0.360. The van der Waals surface area contributed by atoms with E-state index in [9.17, 15) is 18.4 Å². The van der Waals surface area contributed by atoms with Crippen molar-refractivity contribution < 1.29 is 27.8 Å². The number of likely N-dealkylation sites (tertiary alicyclic amines) is 1. The summed E-state index contributed by atoms with van der Waals surface area (Å²) in [7, 11) is 0. The van der Waals surface area contributed by atoms with Gasteiger partial charge >= 0.3 is 5.97 Å². The van der Waals surface area contributed by atoms with Gasteiger partial charge in [0.1, 0.15) is 11.5 Å². The molecule has 0 N–H and O–H groups in total. The number of halogens is 2. The first-order valence-corrected chi connectivity index (χ1v) is 10.9. The van der Waals surface area contributed by atoms with Crippen LogP contribution in [0.3, 0.4) is 0 Å². The van der Waals surface area contributed by atoms with Gasteiger partial charge in [0, 0.05) is 37.3 Å². The van der Waals surface area contributed by atoms with E-state index >= 15 is 0 Å². The Balaban J connectivity index is 1.48. The van der Waals surface area contributed by atoms with E-state index in [0.29, 0.717) is 11.3 Å². The second-order valence-electron chi connectivity index (χ2n) is 8.61. The van der Waals surface area contributed by atoms with Crippen molar-refractivity contribution in [3.63, 3.8) is 0 Å². The normalized spacial score (nSPS) is 20.6. The summed E-state index contributed by atoms with van der Waals surface area (Å²) >= 11 is 0. The number of hydrogen-bond acceptors (Lipinski definition) is 6. The molecule has 0 saturated carbocycles. The third kappa shape index (κ3) is 4.98. The highest BCUT2D eigenvalue weighted by Gasteiger charge is 2.46. The summed E-state index contributed by atoms with van der Waals surface area (Å²) in [5, 5.41) is 0. The second-order valence-corrected chi connectivity index (χ2v) is 8.61. The SMILES string of the molecule is Cc1cc(C(C)N2CC3C(C(=O)Oc4ccccc4)=NC=CC3C2=O)cnc1OCC(C)(F)F. The van der Waals surface area contributed by atoms with E-state index < -0.39 is 30.3 Å². The molecule has 1 fully saturated rings. The lowest BCUT2D eigenvalue weighted by molar-refractivity contribution is -0.131. The highest BCUT2D eigenvalue weighted by molar-refractivity contribution is 6.39. The average molecular weight is 469 g/mol. The van der Waals surface area contributed by atoms with Gasteiger partial charge in [0.25, 0.3) is 5.92 Å². The van der Waals surface area contributed by atoms with Crippen LogP contribution in [0.5, 0.6) is 11.6 Å². The number of pyridine rings is 1. The van der Waals surface area contributed by atoms with Crippen molar-refractivity contribution in [1.82, 2.24) is 9.88 Å². The number of hydrogen-bond donors (Lipinski definition) is 0. The predicted octanol–water partition coefficient (Wildman–Crippen LogP) is 4.13. The van der Waals surface area contributed by atoms with Crippen LogP contribution in [0.2, 0.25) is 0 Å². The number of alkyl halides is 2. The number of carbonyl (C=O) groups is 2. The van der Waals surface area contributed by atoms with Crippen LogP contribution in [0.1, 0.15) is 31.0 Å². The molecular weight excluding hydrogens is 444 g/mol. The maximum absolute atomic E-state index is 13.2. The standard InChI is InChI=1S/C25H25F2N3O4/c1-15-11-17(12-29-22(15)33-14-25(3,26)27)16(2)30-13-20-19(23(30)31)9-10-28-21(20)24(32)34-18-7-5-4-6-8-18/h4-12,16,19-20H,13-14H2,1-3H3. The van der Waals surface area contributed by atoms with Crippen LogP contribution in [-0.4, -0.2) is 46.5 Å². The van der Waals surface area contributed by atoms with Crippen molar-refractivity contribution in [2.45, 2.75) is 32.7 Å². The first-order valence-electron chi connectivity index (χ1n) is 10.9. The number of aryl methyl sites for hydroxylation is 1. The average Bonchev–Trinajstić information content (AvgIpc) is 3.14. The molecule has 34 heavy (non-hydrogen) atoms. The lowest BCUT2D eigenvalue weighted by atomic mass is 9.89. The summed E-state index contributed by atoms with van der Waals surface area (Å²) < 4.78 is 36.8. The summed E-state index contributed by atoms with van der Waals surface area (Å²) in [6.07, 6.45) is 4.69. The Kier molecular flexibility index (Phi) is 6.45. The monoisotopic (exact) mass is 469 g/mol. The van der Waals surface area contributed by atoms with Gasteiger partial charge in [-0.05, 0) is 37.6 Å². The molecule has 3 heterocycles. The number of amides is 1. The van der Waals surface area contributed by atoms with Crippen LogP contribution >= 0.6 is 0 Å². The molecule has 0 radical (unpaired) electrons. The number of para-hydroxylation sites is 1. The Morgan fingerprint density at radius 2 is 2.03 bits per heavy atom. The van der Waals surface area contributed by atoms with Gasteiger partial charge in [0.15, 0.2) is 6.61 Å². The number of aliphatic imine (C=N–C) groups is 1. The summed E-state index contributed by atoms with van der Waals surface area (Å²) in [6, 6.07) is 10.1. The highest BCUT2D eigenvalue weighted by atomic mass is 19.3. The highest BCUT2D eigenvalue weighted by Crippen LogP contribution is 2.36. The van der Waals surface area contributed by atoms with Gasteiger partial charge < -0.3 is 14.4 Å². The van der Waals surface area contributed by atoms with E-state index in [2.05, 4.69) is 9.98 Å². The second kappa shape index (κ2) is 9.32. The van der Waals surface area contributed by atoms with Crippen LogP contribution in [0.4, 0.5) is 8.78 Å². The van der Waals surface area contributed by atoms with Crippen molar-refractivity contribution >= 4 is 17.6 Å². The molecule has 1 saturated heterocycles. The molecule has 178 valence electrons. The zero-order valence-corrected chi connectivity index (χ0v) is 19.1. The van der Waals surface area contributed by atoms with Gasteiger partial charge in [0.05, 0.1) is 12.0 Å². The van der Waals surface area contributed by atoms with Gasteiger partial charge in [-0.3, -0.25) is 9.79 Å². The van der Waals surface area contributed by atoms with E-state index in [4.69, 9.17) is 9.47 Å². The topological polar surface area (TPSA) is 81.1 Å². The third-order valence-electron chi connectivity index (χ3n) is 5.88. The molecule has 9 heteroatoms. The van der Waals surface area contributed by atoms with E-state index in [0.717, 1.165) is 12.5 Å². The number of nitrogens with zero attached hydrogens (tertiary/aromatic N) is 3. The van der Waals surface area contributed by atoms with Crippen molar-refractivity contribution in [2.24, 2.45) is 16.8 Å². The Hall–Kier alpha value is -3.62. The summed E-state index contributed by atoms with van der Waals surface area (Å²) in [5.74, 6) is -4.09. The van der Waals surface area contributed by atoms with Crippen molar-refractivity contribution in [2.75, 3.05) is 13.2 Å². The van der Waals surface area contributed by atoms with E-state index in [1.807, 2.05) is 13.0 Å². The molecule has 0 aliphatic carbocycles. The number of esters is 1. The largest absolute Gasteiger partial charge is 0.471 e. The number of fused-ring (bicyclic) bond motifs is 1.